The topological polar surface area (TPSA) is 128 Å². The maximum Gasteiger partial charge on any atom is 0.325 e. The number of hydrogen-bond donors (Lipinski definition) is 2. The minimum atomic E-state index is -0.946. The highest BCUT2D eigenvalue weighted by molar-refractivity contribution is 7.16. The summed E-state index contributed by atoms with van der Waals surface area (Å²) < 4.78 is 5.99. The third-order valence-corrected chi connectivity index (χ3v) is 6.94. The van der Waals surface area contributed by atoms with Crippen LogP contribution in [0.4, 0.5) is 16.8 Å². The lowest BCUT2D eigenvalue weighted by Crippen LogP contribution is -2.44. The smallest absolute Gasteiger partial charge is 0.325 e. The molecule has 1 fully saturated rings. The van der Waals surface area contributed by atoms with E-state index in [1.807, 2.05) is 6.07 Å². The molecule has 2 N–H and O–H groups in total. The summed E-state index contributed by atoms with van der Waals surface area (Å²) in [6.07, 6.45) is 3.48. The van der Waals surface area contributed by atoms with E-state index in [-0.39, 0.29) is 11.8 Å². The number of carbonyl (C=O) groups is 1. The molecule has 0 radical (unpaired) electrons. The molecule has 2 aliphatic rings. The molecule has 1 saturated heterocycles. The van der Waals surface area contributed by atoms with Gasteiger partial charge in [0.25, 0.3) is 0 Å². The number of rotatable bonds is 7. The number of allylic oxidation sites excluding steroid dienone is 1. The number of nitrogens with one attached hydrogen (secondary N) is 1. The van der Waals surface area contributed by atoms with E-state index in [1.165, 1.54) is 17.5 Å². The van der Waals surface area contributed by atoms with Crippen LogP contribution in [-0.2, 0) is 4.79 Å². The van der Waals surface area contributed by atoms with E-state index in [1.54, 1.807) is 30.3 Å². The molecule has 184 valence electrons. The molecule has 0 saturated carbocycles. The first kappa shape index (κ1) is 23.9. The highest BCUT2D eigenvalue weighted by Crippen LogP contribution is 2.31. The monoisotopic (exact) mass is 503 g/mol. The number of benzene rings is 1. The SMILES string of the molecule is CN1CCN(c2cc(Nc3ncc(C#N)s3)nc(Oc3ccc(C(O)C4=CCCC4=O)cc3)n2)CC1. The van der Waals surface area contributed by atoms with E-state index in [2.05, 4.69) is 43.2 Å². The van der Waals surface area contributed by atoms with Crippen molar-refractivity contribution in [3.63, 3.8) is 0 Å². The number of nitrogens with zero attached hydrogens (tertiary/aromatic N) is 6. The summed E-state index contributed by atoms with van der Waals surface area (Å²) >= 11 is 1.24. The van der Waals surface area contributed by atoms with Crippen molar-refractivity contribution in [2.45, 2.75) is 18.9 Å². The minimum Gasteiger partial charge on any atom is -0.424 e. The van der Waals surface area contributed by atoms with Gasteiger partial charge in [-0.15, -0.1) is 0 Å². The molecule has 2 aromatic heterocycles. The van der Waals surface area contributed by atoms with Crippen LogP contribution in [0, 0.1) is 11.3 Å². The molecule has 11 heteroatoms. The van der Waals surface area contributed by atoms with Crippen molar-refractivity contribution in [3.05, 3.63) is 58.6 Å². The molecule has 10 nitrogen and oxygen atoms in total. The largest absolute Gasteiger partial charge is 0.424 e. The van der Waals surface area contributed by atoms with E-state index < -0.39 is 6.10 Å². The van der Waals surface area contributed by atoms with Gasteiger partial charge in [-0.2, -0.15) is 15.2 Å². The molecule has 1 aliphatic heterocycles. The van der Waals surface area contributed by atoms with Gasteiger partial charge in [0.2, 0.25) is 0 Å². The van der Waals surface area contributed by atoms with Crippen LogP contribution in [0.3, 0.4) is 0 Å². The van der Waals surface area contributed by atoms with E-state index >= 15 is 0 Å². The van der Waals surface area contributed by atoms with Crippen molar-refractivity contribution in [3.8, 4) is 17.8 Å². The van der Waals surface area contributed by atoms with Gasteiger partial charge < -0.3 is 25.0 Å². The van der Waals surface area contributed by atoms with Gasteiger partial charge in [0.1, 0.15) is 34.4 Å². The first-order chi connectivity index (χ1) is 17.5. The second-order valence-corrected chi connectivity index (χ2v) is 9.68. The first-order valence-corrected chi connectivity index (χ1v) is 12.4. The molecule has 5 rings (SSSR count). The lowest BCUT2D eigenvalue weighted by atomic mass is 10.0. The molecule has 0 amide bonds. The minimum absolute atomic E-state index is 0.0147. The number of aliphatic hydroxyl groups is 1. The van der Waals surface area contributed by atoms with Gasteiger partial charge in [-0.25, -0.2) is 4.98 Å². The number of Topliss-reactive ketones (excluding diaryl/α,β-unsaturated/α-hetero) is 1. The lowest BCUT2D eigenvalue weighted by molar-refractivity contribution is -0.115. The number of anilines is 3. The van der Waals surface area contributed by atoms with E-state index in [0.717, 1.165) is 32.0 Å². The molecule has 0 bridgehead atoms. The summed E-state index contributed by atoms with van der Waals surface area (Å²) in [6.45, 7) is 3.49. The summed E-state index contributed by atoms with van der Waals surface area (Å²) in [5.41, 5.74) is 1.07. The fourth-order valence-corrected chi connectivity index (χ4v) is 4.72. The van der Waals surface area contributed by atoms with Gasteiger partial charge in [0.05, 0.1) is 6.20 Å². The third-order valence-electron chi connectivity index (χ3n) is 6.13. The number of aromatic nitrogens is 3. The van der Waals surface area contributed by atoms with Crippen molar-refractivity contribution in [1.29, 1.82) is 5.26 Å². The first-order valence-electron chi connectivity index (χ1n) is 11.6. The Kier molecular flexibility index (Phi) is 6.90. The summed E-state index contributed by atoms with van der Waals surface area (Å²) in [5, 5.41) is 23.4. The molecule has 3 heterocycles. The molecule has 1 unspecified atom stereocenters. The number of carbonyl (C=O) groups excluding carboxylic acids is 1. The number of piperazine rings is 1. The Labute approximate surface area is 212 Å². The van der Waals surface area contributed by atoms with E-state index in [4.69, 9.17) is 10.00 Å². The maximum atomic E-state index is 12.0. The lowest BCUT2D eigenvalue weighted by Gasteiger charge is -2.33. The Balaban J connectivity index is 1.37. The maximum absolute atomic E-state index is 12.0. The number of ketones is 1. The zero-order valence-corrected chi connectivity index (χ0v) is 20.5. The third kappa shape index (κ3) is 5.36. The predicted octanol–water partition coefficient (Wildman–Crippen LogP) is 3.42. The molecule has 1 atom stereocenters. The van der Waals surface area contributed by atoms with Crippen LogP contribution in [0.15, 0.2) is 48.2 Å². The fourth-order valence-electron chi connectivity index (χ4n) is 4.10. The van der Waals surface area contributed by atoms with Crippen LogP contribution in [0.5, 0.6) is 11.8 Å². The molecule has 1 aliphatic carbocycles. The Morgan fingerprint density at radius 1 is 1.19 bits per heavy atom. The van der Waals surface area contributed by atoms with E-state index in [9.17, 15) is 9.90 Å². The normalized spacial score (nSPS) is 17.0. The number of ether oxygens (including phenoxy) is 1. The average Bonchev–Trinajstić information content (AvgIpc) is 3.53. The quantitative estimate of drug-likeness (QED) is 0.495. The van der Waals surface area contributed by atoms with Crippen LogP contribution in [0.25, 0.3) is 0 Å². The molecular formula is C25H25N7O3S. The van der Waals surface area contributed by atoms with Gasteiger partial charge in [-0.05, 0) is 31.2 Å². The van der Waals surface area contributed by atoms with Crippen molar-refractivity contribution < 1.29 is 14.6 Å². The van der Waals surface area contributed by atoms with Gasteiger partial charge in [0.15, 0.2) is 10.9 Å². The highest BCUT2D eigenvalue weighted by Gasteiger charge is 2.24. The number of aliphatic hydroxyl groups excluding tert-OH is 1. The summed E-state index contributed by atoms with van der Waals surface area (Å²) in [5.74, 6) is 1.72. The zero-order chi connectivity index (χ0) is 25.1. The van der Waals surface area contributed by atoms with Gasteiger partial charge in [-0.1, -0.05) is 29.5 Å². The Morgan fingerprint density at radius 2 is 1.97 bits per heavy atom. The van der Waals surface area contributed by atoms with Gasteiger partial charge >= 0.3 is 6.01 Å². The molecule has 36 heavy (non-hydrogen) atoms. The second-order valence-electron chi connectivity index (χ2n) is 8.65. The fraction of sp³-hybridized carbons (Fsp3) is 0.320. The van der Waals surface area contributed by atoms with Crippen molar-refractivity contribution in [1.82, 2.24) is 19.9 Å². The van der Waals surface area contributed by atoms with Crippen LogP contribution >= 0.6 is 11.3 Å². The van der Waals surface area contributed by atoms with E-state index in [0.29, 0.717) is 45.6 Å². The predicted molar refractivity (Wildman–Crippen MR) is 136 cm³/mol. The van der Waals surface area contributed by atoms with Crippen LogP contribution in [-0.4, -0.2) is 64.0 Å². The number of thiazole rings is 1. The Morgan fingerprint density at radius 3 is 2.64 bits per heavy atom. The van der Waals surface area contributed by atoms with Crippen molar-refractivity contribution >= 4 is 33.9 Å². The highest BCUT2D eigenvalue weighted by atomic mass is 32.1. The number of nitriles is 1. The van der Waals surface area contributed by atoms with Crippen LogP contribution in [0.1, 0.15) is 29.4 Å². The van der Waals surface area contributed by atoms with Crippen LogP contribution < -0.4 is 15.0 Å². The number of hydrogen-bond acceptors (Lipinski definition) is 11. The molecule has 3 aromatic rings. The molecular weight excluding hydrogens is 478 g/mol. The van der Waals surface area contributed by atoms with Gasteiger partial charge in [0, 0.05) is 44.2 Å². The van der Waals surface area contributed by atoms with Gasteiger partial charge in [-0.3, -0.25) is 4.79 Å². The van der Waals surface area contributed by atoms with Crippen molar-refractivity contribution in [2.75, 3.05) is 43.4 Å². The summed E-state index contributed by atoms with van der Waals surface area (Å²) in [4.78, 5) is 30.2. The Bertz CT molecular complexity index is 1320. The second kappa shape index (κ2) is 10.4. The average molecular weight is 504 g/mol. The number of likely N-dealkylation sites (N-methyl/N-ethyl adjacent to an activating group) is 1. The Hall–Kier alpha value is -3.85. The molecule has 0 spiro atoms. The summed E-state index contributed by atoms with van der Waals surface area (Å²) in [6, 6.07) is 11.0. The zero-order valence-electron chi connectivity index (χ0n) is 19.7. The van der Waals surface area contributed by atoms with Crippen LogP contribution in [0.2, 0.25) is 0 Å². The molecule has 1 aromatic carbocycles. The van der Waals surface area contributed by atoms with Crippen molar-refractivity contribution in [2.24, 2.45) is 0 Å². The summed E-state index contributed by atoms with van der Waals surface area (Å²) in [7, 11) is 2.09. The standard InChI is InChI=1S/C25H25N7O3S/c1-31-9-11-32(12-10-31)22-13-21(29-25-27-15-18(14-26)36-25)28-24(30-22)35-17-7-5-16(6-8-17)23(34)19-3-2-4-20(19)33/h3,5-8,13,15,23,34H,2,4,9-12H2,1H3,(H,27,28,29,30).